The molecule has 15 heavy (non-hydrogen) atoms. The second-order valence-corrected chi connectivity index (χ2v) is 4.98. The molecule has 0 aromatic heterocycles. The van der Waals surface area contributed by atoms with E-state index in [2.05, 4.69) is 6.92 Å². The predicted octanol–water partition coefficient (Wildman–Crippen LogP) is 1.21. The van der Waals surface area contributed by atoms with Gasteiger partial charge in [0.05, 0.1) is 0 Å². The molecule has 2 heterocycles. The molecule has 82 valence electrons. The van der Waals surface area contributed by atoms with Crippen LogP contribution in [0.15, 0.2) is 0 Å². The molecule has 2 unspecified atom stereocenters. The van der Waals surface area contributed by atoms with E-state index in [1.165, 1.54) is 4.90 Å². The highest BCUT2D eigenvalue weighted by Crippen LogP contribution is 2.36. The fourth-order valence-corrected chi connectivity index (χ4v) is 2.89. The van der Waals surface area contributed by atoms with E-state index >= 15 is 0 Å². The van der Waals surface area contributed by atoms with Gasteiger partial charge in [-0.25, -0.2) is 4.79 Å². The van der Waals surface area contributed by atoms with Crippen LogP contribution in [-0.4, -0.2) is 40.4 Å². The average Bonchev–Trinajstić information content (AvgIpc) is 2.60. The number of amides is 3. The molecule has 3 amide bonds. The molecule has 3 aliphatic rings. The summed E-state index contributed by atoms with van der Waals surface area (Å²) in [5.74, 6) is 0.404. The summed E-state index contributed by atoms with van der Waals surface area (Å²) in [6, 6.07) is 0.0416. The molecule has 3 rings (SSSR count). The molecule has 3 fully saturated rings. The van der Waals surface area contributed by atoms with E-state index in [1.807, 2.05) is 0 Å². The quantitative estimate of drug-likeness (QED) is 0.608. The Hall–Kier alpha value is -1.06. The first-order valence-electron chi connectivity index (χ1n) is 5.84. The minimum absolute atomic E-state index is 0.0287. The van der Waals surface area contributed by atoms with Gasteiger partial charge in [-0.3, -0.25) is 9.69 Å². The molecule has 0 bridgehead atoms. The van der Waals surface area contributed by atoms with E-state index in [-0.39, 0.29) is 24.0 Å². The zero-order chi connectivity index (χ0) is 10.6. The van der Waals surface area contributed by atoms with Gasteiger partial charge in [-0.1, -0.05) is 6.92 Å². The summed E-state index contributed by atoms with van der Waals surface area (Å²) >= 11 is 0. The van der Waals surface area contributed by atoms with Crippen molar-refractivity contribution in [3.8, 4) is 0 Å². The number of carbonyl (C=O) groups excluding carboxylic acids is 2. The fraction of sp³-hybridized carbons (Fsp3) is 0.818. The van der Waals surface area contributed by atoms with Crippen LogP contribution in [0.2, 0.25) is 0 Å². The Morgan fingerprint density at radius 1 is 1.20 bits per heavy atom. The standard InChI is InChI=1S/C11H16N2O2/c1-7-5-6-12-9(7)10(14)13(11(12)15)8-3-2-4-8/h7-9H,2-6H2,1H3. The number of hydrogen-bond acceptors (Lipinski definition) is 2. The van der Waals surface area contributed by atoms with Gasteiger partial charge in [0.1, 0.15) is 6.04 Å². The van der Waals surface area contributed by atoms with Crippen LogP contribution in [0.5, 0.6) is 0 Å². The minimum atomic E-state index is -0.141. The van der Waals surface area contributed by atoms with Gasteiger partial charge in [-0.05, 0) is 31.6 Å². The number of nitrogens with zero attached hydrogens (tertiary/aromatic N) is 2. The molecule has 1 saturated carbocycles. The Morgan fingerprint density at radius 2 is 1.93 bits per heavy atom. The van der Waals surface area contributed by atoms with Crippen LogP contribution in [0.3, 0.4) is 0 Å². The monoisotopic (exact) mass is 208 g/mol. The lowest BCUT2D eigenvalue weighted by Crippen LogP contribution is -2.45. The van der Waals surface area contributed by atoms with Crippen LogP contribution in [0.25, 0.3) is 0 Å². The molecule has 0 spiro atoms. The number of rotatable bonds is 1. The smallest absolute Gasteiger partial charge is 0.312 e. The van der Waals surface area contributed by atoms with Gasteiger partial charge < -0.3 is 4.90 Å². The van der Waals surface area contributed by atoms with Crippen molar-refractivity contribution in [3.63, 3.8) is 0 Å². The zero-order valence-electron chi connectivity index (χ0n) is 8.98. The SMILES string of the molecule is CC1CCN2C(=O)N(C3CCC3)C(=O)C12. The summed E-state index contributed by atoms with van der Waals surface area (Å²) in [4.78, 5) is 27.4. The Kier molecular flexibility index (Phi) is 1.82. The first-order valence-corrected chi connectivity index (χ1v) is 5.84. The molecule has 0 aromatic carbocycles. The first kappa shape index (κ1) is 9.19. The van der Waals surface area contributed by atoms with Crippen LogP contribution in [-0.2, 0) is 4.79 Å². The highest BCUT2D eigenvalue weighted by Gasteiger charge is 2.53. The highest BCUT2D eigenvalue weighted by atomic mass is 16.2. The molecule has 2 aliphatic heterocycles. The molecule has 0 N–H and O–H groups in total. The van der Waals surface area contributed by atoms with Gasteiger partial charge in [-0.15, -0.1) is 0 Å². The van der Waals surface area contributed by atoms with E-state index in [0.717, 1.165) is 32.2 Å². The molecule has 2 atom stereocenters. The summed E-state index contributed by atoms with van der Waals surface area (Å²) in [6.45, 7) is 2.83. The van der Waals surface area contributed by atoms with E-state index in [9.17, 15) is 9.59 Å². The van der Waals surface area contributed by atoms with Crippen molar-refractivity contribution in [1.29, 1.82) is 0 Å². The topological polar surface area (TPSA) is 40.6 Å². The second-order valence-electron chi connectivity index (χ2n) is 4.98. The van der Waals surface area contributed by atoms with E-state index in [0.29, 0.717) is 5.92 Å². The fourth-order valence-electron chi connectivity index (χ4n) is 2.89. The van der Waals surface area contributed by atoms with Gasteiger partial charge >= 0.3 is 6.03 Å². The van der Waals surface area contributed by atoms with Crippen molar-refractivity contribution in [2.75, 3.05) is 6.54 Å². The molecule has 4 nitrogen and oxygen atoms in total. The average molecular weight is 208 g/mol. The van der Waals surface area contributed by atoms with Gasteiger partial charge in [0.2, 0.25) is 0 Å². The molecular formula is C11H16N2O2. The molecule has 0 aromatic rings. The normalized spacial score (nSPS) is 36.1. The van der Waals surface area contributed by atoms with Gasteiger partial charge in [-0.2, -0.15) is 0 Å². The van der Waals surface area contributed by atoms with Gasteiger partial charge in [0.25, 0.3) is 5.91 Å². The van der Waals surface area contributed by atoms with Gasteiger partial charge in [0, 0.05) is 12.6 Å². The molecule has 1 aliphatic carbocycles. The lowest BCUT2D eigenvalue weighted by atomic mass is 9.91. The summed E-state index contributed by atoms with van der Waals surface area (Å²) in [6.07, 6.45) is 4.14. The number of urea groups is 1. The largest absolute Gasteiger partial charge is 0.327 e. The van der Waals surface area contributed by atoms with Crippen molar-refractivity contribution in [2.45, 2.75) is 44.7 Å². The van der Waals surface area contributed by atoms with Crippen molar-refractivity contribution >= 4 is 11.9 Å². The maximum Gasteiger partial charge on any atom is 0.327 e. The maximum absolute atomic E-state index is 12.1. The molecule has 4 heteroatoms. The van der Waals surface area contributed by atoms with Crippen LogP contribution in [0.1, 0.15) is 32.6 Å². The first-order chi connectivity index (χ1) is 7.20. The molecular weight excluding hydrogens is 192 g/mol. The maximum atomic E-state index is 12.1. The third-order valence-electron chi connectivity index (χ3n) is 4.08. The summed E-state index contributed by atoms with van der Waals surface area (Å²) in [5, 5.41) is 0. The van der Waals surface area contributed by atoms with Gasteiger partial charge in [0.15, 0.2) is 0 Å². The highest BCUT2D eigenvalue weighted by molar-refractivity contribution is 6.05. The molecule has 2 saturated heterocycles. The summed E-state index contributed by atoms with van der Waals surface area (Å²) in [5.41, 5.74) is 0. The van der Waals surface area contributed by atoms with Crippen LogP contribution < -0.4 is 0 Å². The minimum Gasteiger partial charge on any atom is -0.312 e. The second kappa shape index (κ2) is 2.97. The van der Waals surface area contributed by atoms with Crippen molar-refractivity contribution < 1.29 is 9.59 Å². The Balaban J connectivity index is 1.87. The Bertz CT molecular complexity index is 325. The summed E-state index contributed by atoms with van der Waals surface area (Å²) < 4.78 is 0. The van der Waals surface area contributed by atoms with Crippen molar-refractivity contribution in [1.82, 2.24) is 9.80 Å². The summed E-state index contributed by atoms with van der Waals surface area (Å²) in [7, 11) is 0. The third-order valence-corrected chi connectivity index (χ3v) is 4.08. The number of carbonyl (C=O) groups is 2. The van der Waals surface area contributed by atoms with E-state index < -0.39 is 0 Å². The van der Waals surface area contributed by atoms with Crippen LogP contribution in [0.4, 0.5) is 4.79 Å². The number of fused-ring (bicyclic) bond motifs is 1. The lowest BCUT2D eigenvalue weighted by molar-refractivity contribution is -0.131. The number of imide groups is 1. The third kappa shape index (κ3) is 1.08. The van der Waals surface area contributed by atoms with Crippen molar-refractivity contribution in [2.24, 2.45) is 5.92 Å². The number of hydrogen-bond donors (Lipinski definition) is 0. The van der Waals surface area contributed by atoms with Crippen LogP contribution in [0, 0.1) is 5.92 Å². The van der Waals surface area contributed by atoms with Crippen molar-refractivity contribution in [3.05, 3.63) is 0 Å². The van der Waals surface area contributed by atoms with E-state index in [1.54, 1.807) is 4.90 Å². The Morgan fingerprint density at radius 3 is 2.47 bits per heavy atom. The van der Waals surface area contributed by atoms with E-state index in [4.69, 9.17) is 0 Å². The lowest BCUT2D eigenvalue weighted by Gasteiger charge is -2.33. The predicted molar refractivity (Wildman–Crippen MR) is 54.2 cm³/mol. The molecule has 0 radical (unpaired) electrons. The Labute approximate surface area is 89.2 Å². The zero-order valence-corrected chi connectivity index (χ0v) is 8.98. The van der Waals surface area contributed by atoms with Crippen LogP contribution >= 0.6 is 0 Å².